The second kappa shape index (κ2) is 15.6. The number of carbonyl (C=O) groups is 2. The first-order valence-corrected chi connectivity index (χ1v) is 16.9. The molecule has 4 aromatic rings. The highest BCUT2D eigenvalue weighted by molar-refractivity contribution is 7.92. The van der Waals surface area contributed by atoms with Crippen LogP contribution in [0.15, 0.2) is 102 Å². The SMILES string of the molecule is Cc1ccc(N(CC(=O)N(Cc2ccc(Cl)c(Cl)c2)[C@@H](Cc2ccccc2)C(=O)NCC(C)C)S(=O)(=O)c2ccc(F)cc2)cc1. The second-order valence-electron chi connectivity index (χ2n) is 11.4. The Balaban J connectivity index is 1.81. The Kier molecular flexibility index (Phi) is 11.8. The molecule has 0 aliphatic heterocycles. The number of sulfonamides is 1. The summed E-state index contributed by atoms with van der Waals surface area (Å²) < 4.78 is 42.8. The Morgan fingerprint density at radius 2 is 1.50 bits per heavy atom. The van der Waals surface area contributed by atoms with Crippen molar-refractivity contribution in [3.63, 3.8) is 0 Å². The van der Waals surface area contributed by atoms with Gasteiger partial charge in [-0.1, -0.05) is 91.1 Å². The molecule has 4 rings (SSSR count). The lowest BCUT2D eigenvalue weighted by molar-refractivity contribution is -0.140. The molecule has 0 bridgehead atoms. The van der Waals surface area contributed by atoms with E-state index >= 15 is 0 Å². The van der Waals surface area contributed by atoms with Crippen LogP contribution in [-0.2, 0) is 32.6 Å². The fourth-order valence-corrected chi connectivity index (χ4v) is 6.52. The normalized spacial score (nSPS) is 12.1. The van der Waals surface area contributed by atoms with Gasteiger partial charge in [0.25, 0.3) is 10.0 Å². The quantitative estimate of drug-likeness (QED) is 0.164. The summed E-state index contributed by atoms with van der Waals surface area (Å²) in [5, 5.41) is 3.55. The van der Waals surface area contributed by atoms with Gasteiger partial charge < -0.3 is 10.2 Å². The van der Waals surface area contributed by atoms with Gasteiger partial charge in [0.1, 0.15) is 18.4 Å². The van der Waals surface area contributed by atoms with Crippen LogP contribution in [0.25, 0.3) is 0 Å². The lowest BCUT2D eigenvalue weighted by Crippen LogP contribution is -2.53. The van der Waals surface area contributed by atoms with Gasteiger partial charge >= 0.3 is 0 Å². The molecule has 0 fully saturated rings. The van der Waals surface area contributed by atoms with Crippen LogP contribution in [0.5, 0.6) is 0 Å². The molecular formula is C35H36Cl2FN3O4S. The van der Waals surface area contributed by atoms with Crippen molar-refractivity contribution in [2.24, 2.45) is 5.92 Å². The van der Waals surface area contributed by atoms with Crippen molar-refractivity contribution in [3.05, 3.63) is 130 Å². The number of benzene rings is 4. The van der Waals surface area contributed by atoms with Crippen LogP contribution in [0.4, 0.5) is 10.1 Å². The van der Waals surface area contributed by atoms with Crippen LogP contribution < -0.4 is 9.62 Å². The van der Waals surface area contributed by atoms with E-state index < -0.39 is 34.3 Å². The van der Waals surface area contributed by atoms with E-state index in [0.717, 1.165) is 39.7 Å². The summed E-state index contributed by atoms with van der Waals surface area (Å²) in [5.74, 6) is -1.45. The molecule has 4 aromatic carbocycles. The van der Waals surface area contributed by atoms with Gasteiger partial charge in [-0.05, 0) is 72.5 Å². The Bertz CT molecular complexity index is 1750. The van der Waals surface area contributed by atoms with Gasteiger partial charge in [0.2, 0.25) is 11.8 Å². The highest BCUT2D eigenvalue weighted by Gasteiger charge is 2.34. The summed E-state index contributed by atoms with van der Waals surface area (Å²) in [7, 11) is -4.34. The predicted octanol–water partition coefficient (Wildman–Crippen LogP) is 7.05. The first-order chi connectivity index (χ1) is 21.8. The molecule has 0 saturated carbocycles. The Hall–Kier alpha value is -3.92. The molecule has 7 nitrogen and oxygen atoms in total. The van der Waals surface area contributed by atoms with E-state index in [-0.39, 0.29) is 40.4 Å². The van der Waals surface area contributed by atoms with Gasteiger partial charge in [0, 0.05) is 19.5 Å². The van der Waals surface area contributed by atoms with E-state index in [4.69, 9.17) is 23.2 Å². The summed E-state index contributed by atoms with van der Waals surface area (Å²) >= 11 is 12.5. The summed E-state index contributed by atoms with van der Waals surface area (Å²) in [6, 6.07) is 24.3. The number of aryl methyl sites for hydroxylation is 1. The van der Waals surface area contributed by atoms with Crippen molar-refractivity contribution in [1.82, 2.24) is 10.2 Å². The topological polar surface area (TPSA) is 86.8 Å². The average Bonchev–Trinajstić information content (AvgIpc) is 3.03. The van der Waals surface area contributed by atoms with Crippen LogP contribution in [0, 0.1) is 18.7 Å². The third-order valence-corrected chi connectivity index (χ3v) is 9.82. The van der Waals surface area contributed by atoms with Crippen molar-refractivity contribution in [1.29, 1.82) is 0 Å². The van der Waals surface area contributed by atoms with Crippen LogP contribution in [0.3, 0.4) is 0 Å². The number of hydrogen-bond donors (Lipinski definition) is 1. The standard InChI is InChI=1S/C35H36Cl2FN3O4S/c1-24(2)21-39-35(43)33(20-26-7-5-4-6-8-26)40(22-27-11-18-31(36)32(37)19-27)34(42)23-41(29-14-9-25(3)10-15-29)46(44,45)30-16-12-28(38)13-17-30/h4-19,24,33H,20-23H2,1-3H3,(H,39,43)/t33-/m0/s1. The molecule has 242 valence electrons. The lowest BCUT2D eigenvalue weighted by atomic mass is 10.0. The van der Waals surface area contributed by atoms with Crippen molar-refractivity contribution < 1.29 is 22.4 Å². The summed E-state index contributed by atoms with van der Waals surface area (Å²) in [4.78, 5) is 29.5. The average molecular weight is 685 g/mol. The molecule has 0 aliphatic carbocycles. The van der Waals surface area contributed by atoms with E-state index in [9.17, 15) is 22.4 Å². The van der Waals surface area contributed by atoms with Crippen molar-refractivity contribution in [3.8, 4) is 0 Å². The fraction of sp³-hybridized carbons (Fsp3) is 0.257. The number of amides is 2. The molecule has 0 spiro atoms. The van der Waals surface area contributed by atoms with Crippen LogP contribution in [0.2, 0.25) is 10.0 Å². The highest BCUT2D eigenvalue weighted by Crippen LogP contribution is 2.27. The molecule has 0 unspecified atom stereocenters. The number of hydrogen-bond acceptors (Lipinski definition) is 4. The minimum atomic E-state index is -4.34. The van der Waals surface area contributed by atoms with Crippen molar-refractivity contribution in [2.45, 2.75) is 44.7 Å². The zero-order valence-corrected chi connectivity index (χ0v) is 28.1. The number of halogens is 3. The van der Waals surface area contributed by atoms with Crippen LogP contribution in [0.1, 0.15) is 30.5 Å². The number of anilines is 1. The first kappa shape index (κ1) is 34.9. The Morgan fingerprint density at radius 1 is 0.848 bits per heavy atom. The summed E-state index contributed by atoms with van der Waals surface area (Å²) in [5.41, 5.74) is 2.54. The number of rotatable bonds is 13. The maximum absolute atomic E-state index is 14.5. The molecule has 2 amide bonds. The van der Waals surface area contributed by atoms with Gasteiger partial charge in [0.15, 0.2) is 0 Å². The molecule has 11 heteroatoms. The van der Waals surface area contributed by atoms with E-state index in [0.29, 0.717) is 17.1 Å². The third kappa shape index (κ3) is 9.09. The second-order valence-corrected chi connectivity index (χ2v) is 14.1. The third-order valence-electron chi connectivity index (χ3n) is 7.30. The molecule has 0 aromatic heterocycles. The minimum Gasteiger partial charge on any atom is -0.354 e. The Labute approximate surface area is 280 Å². The maximum Gasteiger partial charge on any atom is 0.264 e. The van der Waals surface area contributed by atoms with E-state index in [1.807, 2.05) is 51.1 Å². The molecule has 46 heavy (non-hydrogen) atoms. The molecule has 1 N–H and O–H groups in total. The van der Waals surface area contributed by atoms with Crippen LogP contribution in [-0.4, -0.2) is 44.3 Å². The minimum absolute atomic E-state index is 0.0549. The molecule has 0 saturated heterocycles. The summed E-state index contributed by atoms with van der Waals surface area (Å²) in [6.07, 6.45) is 0.174. The molecular weight excluding hydrogens is 648 g/mol. The van der Waals surface area contributed by atoms with Gasteiger partial charge in [-0.3, -0.25) is 13.9 Å². The molecule has 1 atom stereocenters. The van der Waals surface area contributed by atoms with Gasteiger partial charge in [-0.15, -0.1) is 0 Å². The maximum atomic E-state index is 14.5. The smallest absolute Gasteiger partial charge is 0.264 e. The first-order valence-electron chi connectivity index (χ1n) is 14.7. The number of nitrogens with one attached hydrogen (secondary N) is 1. The highest BCUT2D eigenvalue weighted by atomic mass is 35.5. The fourth-order valence-electron chi connectivity index (χ4n) is 4.78. The number of carbonyl (C=O) groups excluding carboxylic acids is 2. The lowest BCUT2D eigenvalue weighted by Gasteiger charge is -2.34. The van der Waals surface area contributed by atoms with Gasteiger partial charge in [-0.2, -0.15) is 0 Å². The zero-order chi connectivity index (χ0) is 33.4. The Morgan fingerprint density at radius 3 is 2.11 bits per heavy atom. The number of nitrogens with zero attached hydrogens (tertiary/aromatic N) is 2. The van der Waals surface area contributed by atoms with E-state index in [2.05, 4.69) is 5.32 Å². The van der Waals surface area contributed by atoms with Crippen molar-refractivity contribution in [2.75, 3.05) is 17.4 Å². The van der Waals surface area contributed by atoms with Crippen LogP contribution >= 0.6 is 23.2 Å². The molecule has 0 heterocycles. The zero-order valence-electron chi connectivity index (χ0n) is 25.8. The molecule has 0 aliphatic rings. The van der Waals surface area contributed by atoms with Gasteiger partial charge in [0.05, 0.1) is 20.6 Å². The monoisotopic (exact) mass is 683 g/mol. The van der Waals surface area contributed by atoms with Gasteiger partial charge in [-0.25, -0.2) is 12.8 Å². The predicted molar refractivity (Wildman–Crippen MR) is 181 cm³/mol. The van der Waals surface area contributed by atoms with E-state index in [1.54, 1.807) is 42.5 Å². The van der Waals surface area contributed by atoms with Crippen molar-refractivity contribution >= 4 is 50.7 Å². The largest absolute Gasteiger partial charge is 0.354 e. The molecule has 0 radical (unpaired) electrons. The van der Waals surface area contributed by atoms with E-state index in [1.165, 1.54) is 4.90 Å². The summed E-state index contributed by atoms with van der Waals surface area (Å²) in [6.45, 7) is 5.48.